The second-order valence-corrected chi connectivity index (χ2v) is 1.22. The summed E-state index contributed by atoms with van der Waals surface area (Å²) in [5, 5.41) is 7.78. The minimum atomic E-state index is -0.998. The number of hydrogen-bond donors (Lipinski definition) is 2. The smallest absolute Gasteiger partial charge is 0.414 e. The Labute approximate surface area is 56.5 Å². The number of carbonyl (C=O) groups is 1. The summed E-state index contributed by atoms with van der Waals surface area (Å²) in [5.41, 5.74) is 0. The van der Waals surface area contributed by atoms with Crippen molar-refractivity contribution in [3.8, 4) is 0 Å². The van der Waals surface area contributed by atoms with Crippen molar-refractivity contribution in [2.75, 3.05) is 6.26 Å². The fourth-order valence-electron chi connectivity index (χ4n) is 0.0873. The van der Waals surface area contributed by atoms with E-state index in [-0.39, 0.29) is 17.1 Å². The average molecular weight is 171 g/mol. The van der Waals surface area contributed by atoms with Crippen LogP contribution >= 0.6 is 11.9 Å². The van der Waals surface area contributed by atoms with E-state index in [9.17, 15) is 4.79 Å². The van der Waals surface area contributed by atoms with Gasteiger partial charge in [0.1, 0.15) is 0 Å². The van der Waals surface area contributed by atoms with Crippen molar-refractivity contribution < 1.29 is 27.0 Å². The summed E-state index contributed by atoms with van der Waals surface area (Å²) in [7, 11) is 0. The van der Waals surface area contributed by atoms with Gasteiger partial charge in [-0.25, -0.2) is 4.79 Å². The van der Waals surface area contributed by atoms with Crippen LogP contribution in [-0.2, 0) is 17.1 Å². The number of carboxylic acid groups (broad SMARTS) is 1. The summed E-state index contributed by atoms with van der Waals surface area (Å²) >= 11 is 1.06. The second kappa shape index (κ2) is 6.14. The maximum absolute atomic E-state index is 9.47. The molecule has 0 aromatic rings. The topological polar surface area (TPSA) is 49.3 Å². The summed E-state index contributed by atoms with van der Waals surface area (Å²) in [6.45, 7) is 0. The fraction of sp³-hybridized carbons (Fsp3) is 0.500. The molecule has 0 bridgehead atoms. The summed E-state index contributed by atoms with van der Waals surface area (Å²) in [6.07, 6.45) is 0.649. The van der Waals surface area contributed by atoms with Crippen molar-refractivity contribution in [1.29, 1.82) is 0 Å². The van der Waals surface area contributed by atoms with Crippen molar-refractivity contribution in [1.82, 2.24) is 4.72 Å². The van der Waals surface area contributed by atoms with E-state index in [1.54, 1.807) is 6.26 Å². The first-order valence-corrected chi connectivity index (χ1v) is 2.51. The van der Waals surface area contributed by atoms with Crippen LogP contribution in [0.3, 0.4) is 0 Å². The van der Waals surface area contributed by atoms with E-state index in [4.69, 9.17) is 5.11 Å². The van der Waals surface area contributed by atoms with Gasteiger partial charge in [0.25, 0.3) is 0 Å². The van der Waals surface area contributed by atoms with Crippen LogP contribution in [0.1, 0.15) is 0 Å². The molecule has 0 saturated heterocycles. The Kier molecular flexibility index (Phi) is 8.94. The molecule has 0 fully saturated rings. The van der Waals surface area contributed by atoms with Crippen LogP contribution in [0.2, 0.25) is 0 Å². The van der Waals surface area contributed by atoms with Crippen LogP contribution in [0.5, 0.6) is 0 Å². The molecule has 0 aliphatic carbocycles. The number of nitrogens with one attached hydrogen (secondary N) is 1. The molecule has 0 spiro atoms. The molecular formula is C2H5CuNO2S. The maximum Gasteiger partial charge on any atom is 0.414 e. The van der Waals surface area contributed by atoms with Crippen LogP contribution in [0.25, 0.3) is 0 Å². The number of hydrogen-bond acceptors (Lipinski definition) is 2. The summed E-state index contributed by atoms with van der Waals surface area (Å²) in [6, 6.07) is 0. The van der Waals surface area contributed by atoms with Gasteiger partial charge in [-0.3, -0.25) is 4.72 Å². The normalized spacial score (nSPS) is 6.43. The molecule has 0 aromatic heterocycles. The van der Waals surface area contributed by atoms with Gasteiger partial charge in [-0.05, 0) is 0 Å². The SMILES string of the molecule is CSNC(=O)O.[Cu]. The van der Waals surface area contributed by atoms with E-state index < -0.39 is 6.09 Å². The summed E-state index contributed by atoms with van der Waals surface area (Å²) in [5.74, 6) is 0. The van der Waals surface area contributed by atoms with Gasteiger partial charge < -0.3 is 5.11 Å². The fourth-order valence-corrected chi connectivity index (χ4v) is 0.262. The van der Waals surface area contributed by atoms with Gasteiger partial charge in [0.05, 0.1) is 0 Å². The third-order valence-electron chi connectivity index (χ3n) is 0.189. The molecule has 5 heteroatoms. The monoisotopic (exact) mass is 170 g/mol. The van der Waals surface area contributed by atoms with Crippen molar-refractivity contribution in [3.05, 3.63) is 0 Å². The first kappa shape index (κ1) is 10.2. The van der Waals surface area contributed by atoms with Crippen molar-refractivity contribution in [2.45, 2.75) is 0 Å². The quantitative estimate of drug-likeness (QED) is 0.446. The molecule has 0 aromatic carbocycles. The Balaban J connectivity index is 0. The van der Waals surface area contributed by atoms with E-state index in [0.29, 0.717) is 0 Å². The molecule has 3 nitrogen and oxygen atoms in total. The summed E-state index contributed by atoms with van der Waals surface area (Å²) in [4.78, 5) is 9.47. The Morgan fingerprint density at radius 3 is 2.29 bits per heavy atom. The van der Waals surface area contributed by atoms with Crippen LogP contribution in [0.15, 0.2) is 0 Å². The predicted molar refractivity (Wildman–Crippen MR) is 24.7 cm³/mol. The van der Waals surface area contributed by atoms with Gasteiger partial charge in [-0.2, -0.15) is 0 Å². The van der Waals surface area contributed by atoms with E-state index in [1.165, 1.54) is 0 Å². The third-order valence-corrected chi connectivity index (χ3v) is 0.568. The van der Waals surface area contributed by atoms with Crippen LogP contribution in [0, 0.1) is 0 Å². The van der Waals surface area contributed by atoms with Crippen molar-refractivity contribution in [3.63, 3.8) is 0 Å². The number of rotatable bonds is 1. The second-order valence-electron chi connectivity index (χ2n) is 0.611. The Hall–Kier alpha value is 0.139. The molecule has 7 heavy (non-hydrogen) atoms. The van der Waals surface area contributed by atoms with Crippen molar-refractivity contribution in [2.24, 2.45) is 0 Å². The molecule has 2 N–H and O–H groups in total. The molecule has 47 valence electrons. The van der Waals surface area contributed by atoms with Crippen LogP contribution in [0.4, 0.5) is 4.79 Å². The first-order valence-electron chi connectivity index (χ1n) is 1.29. The molecule has 0 aliphatic rings. The van der Waals surface area contributed by atoms with Gasteiger partial charge in [0, 0.05) is 23.3 Å². The molecule has 0 aliphatic heterocycles. The van der Waals surface area contributed by atoms with Crippen LogP contribution < -0.4 is 4.72 Å². The third kappa shape index (κ3) is 10.7. The maximum atomic E-state index is 9.47. The minimum Gasteiger partial charge on any atom is -0.464 e. The zero-order valence-corrected chi connectivity index (χ0v) is 5.32. The standard InChI is InChI=1S/C2H5NO2S.Cu/c1-6-3-2(4)5;/h3H,1H3,(H,4,5);. The minimum absolute atomic E-state index is 0. The van der Waals surface area contributed by atoms with Gasteiger partial charge in [0.15, 0.2) is 0 Å². The zero-order valence-electron chi connectivity index (χ0n) is 3.57. The first-order chi connectivity index (χ1) is 2.77. The molecule has 1 radical (unpaired) electrons. The molecule has 0 saturated carbocycles. The van der Waals surface area contributed by atoms with E-state index in [2.05, 4.69) is 0 Å². The van der Waals surface area contributed by atoms with Crippen molar-refractivity contribution >= 4 is 18.0 Å². The Morgan fingerprint density at radius 1 is 1.86 bits per heavy atom. The summed E-state index contributed by atoms with van der Waals surface area (Å²) < 4.78 is 2.04. The van der Waals surface area contributed by atoms with Gasteiger partial charge >= 0.3 is 6.09 Å². The number of amides is 1. The predicted octanol–water partition coefficient (Wildman–Crippen LogP) is 0.529. The average Bonchev–Trinajstić information content (AvgIpc) is 1.35. The molecule has 0 atom stereocenters. The molecule has 0 heterocycles. The van der Waals surface area contributed by atoms with Gasteiger partial charge in [-0.15, -0.1) is 0 Å². The van der Waals surface area contributed by atoms with Gasteiger partial charge in [0.2, 0.25) is 0 Å². The molecule has 0 unspecified atom stereocenters. The van der Waals surface area contributed by atoms with E-state index in [0.717, 1.165) is 11.9 Å². The molecular weight excluding hydrogens is 166 g/mol. The van der Waals surface area contributed by atoms with Crippen LogP contribution in [-0.4, -0.2) is 17.5 Å². The van der Waals surface area contributed by atoms with Gasteiger partial charge in [-0.1, -0.05) is 11.9 Å². The Morgan fingerprint density at radius 2 is 2.29 bits per heavy atom. The zero-order chi connectivity index (χ0) is 4.99. The van der Waals surface area contributed by atoms with E-state index in [1.807, 2.05) is 4.72 Å². The molecule has 1 amide bonds. The van der Waals surface area contributed by atoms with E-state index >= 15 is 0 Å². The largest absolute Gasteiger partial charge is 0.464 e. The molecule has 0 rings (SSSR count). The Bertz CT molecular complexity index is 59.7.